The fraction of sp³-hybridized carbons (Fsp3) is 0.125. The summed E-state index contributed by atoms with van der Waals surface area (Å²) in [5.41, 5.74) is 1.28. The second-order valence-corrected chi connectivity index (χ2v) is 5.35. The van der Waals surface area contributed by atoms with Crippen LogP contribution in [0.2, 0.25) is 0 Å². The molecule has 0 aliphatic carbocycles. The van der Waals surface area contributed by atoms with Gasteiger partial charge < -0.3 is 15.2 Å². The number of rotatable bonds is 5. The van der Waals surface area contributed by atoms with Crippen LogP contribution in [0.25, 0.3) is 0 Å². The number of halogens is 1. The fourth-order valence-corrected chi connectivity index (χ4v) is 2.38. The van der Waals surface area contributed by atoms with Gasteiger partial charge >= 0.3 is 12.1 Å². The van der Waals surface area contributed by atoms with Crippen molar-refractivity contribution in [1.29, 1.82) is 0 Å². The van der Waals surface area contributed by atoms with Crippen LogP contribution in [-0.4, -0.2) is 17.2 Å². The van der Waals surface area contributed by atoms with Crippen molar-refractivity contribution in [3.63, 3.8) is 0 Å². The summed E-state index contributed by atoms with van der Waals surface area (Å²) in [7, 11) is 0. The normalized spacial score (nSPS) is 11.5. The summed E-state index contributed by atoms with van der Waals surface area (Å²) in [5.74, 6) is -1.16. The molecule has 0 saturated carbocycles. The minimum absolute atomic E-state index is 0.0783. The predicted octanol–water partition coefficient (Wildman–Crippen LogP) is 3.50. The molecule has 0 aromatic heterocycles. The number of aliphatic carboxylic acids is 1. The van der Waals surface area contributed by atoms with Crippen molar-refractivity contribution in [2.75, 3.05) is 0 Å². The van der Waals surface area contributed by atoms with Crippen LogP contribution in [0.5, 0.6) is 0 Å². The Labute approximate surface area is 136 Å². The zero-order valence-electron chi connectivity index (χ0n) is 11.5. The van der Waals surface area contributed by atoms with Crippen LogP contribution in [0.15, 0.2) is 59.1 Å². The van der Waals surface area contributed by atoms with E-state index in [1.54, 1.807) is 24.3 Å². The number of hydrogen-bond donors (Lipinski definition) is 2. The Bertz CT molecular complexity index is 660. The van der Waals surface area contributed by atoms with Gasteiger partial charge in [0.25, 0.3) is 0 Å². The molecule has 2 aromatic carbocycles. The van der Waals surface area contributed by atoms with E-state index in [1.807, 2.05) is 30.3 Å². The Hall–Kier alpha value is -2.34. The number of carboxylic acids is 1. The van der Waals surface area contributed by atoms with Gasteiger partial charge in [-0.1, -0.05) is 64.5 Å². The molecule has 2 rings (SSSR count). The highest BCUT2D eigenvalue weighted by atomic mass is 79.9. The third-order valence-electron chi connectivity index (χ3n) is 2.94. The molecule has 0 heterocycles. The molecule has 0 bridgehead atoms. The van der Waals surface area contributed by atoms with E-state index in [1.165, 1.54) is 0 Å². The van der Waals surface area contributed by atoms with Gasteiger partial charge in [0.05, 0.1) is 0 Å². The van der Waals surface area contributed by atoms with Crippen LogP contribution >= 0.6 is 15.9 Å². The number of carboxylic acid groups (broad SMARTS) is 1. The number of benzene rings is 2. The van der Waals surface area contributed by atoms with Crippen molar-refractivity contribution in [3.05, 3.63) is 70.2 Å². The molecule has 5 nitrogen and oxygen atoms in total. The second-order valence-electron chi connectivity index (χ2n) is 4.50. The summed E-state index contributed by atoms with van der Waals surface area (Å²) in [6, 6.07) is 14.8. The number of carbonyl (C=O) groups excluding carboxylic acids is 1. The third kappa shape index (κ3) is 4.33. The van der Waals surface area contributed by atoms with Crippen molar-refractivity contribution in [3.8, 4) is 0 Å². The third-order valence-corrected chi connectivity index (χ3v) is 3.66. The van der Waals surface area contributed by atoms with Crippen molar-refractivity contribution >= 4 is 28.0 Å². The number of amides is 1. The Balaban J connectivity index is 2.01. The molecule has 0 radical (unpaired) electrons. The average Bonchev–Trinajstić information content (AvgIpc) is 2.52. The summed E-state index contributed by atoms with van der Waals surface area (Å²) in [6.45, 7) is 0.0783. The number of ether oxygens (including phenoxy) is 1. The highest BCUT2D eigenvalue weighted by Crippen LogP contribution is 2.23. The summed E-state index contributed by atoms with van der Waals surface area (Å²) in [5, 5.41) is 11.6. The molecule has 0 spiro atoms. The van der Waals surface area contributed by atoms with E-state index in [4.69, 9.17) is 4.74 Å². The van der Waals surface area contributed by atoms with Crippen molar-refractivity contribution in [1.82, 2.24) is 5.32 Å². The molecule has 2 N–H and O–H groups in total. The predicted molar refractivity (Wildman–Crippen MR) is 84.3 cm³/mol. The number of hydrogen-bond acceptors (Lipinski definition) is 3. The van der Waals surface area contributed by atoms with E-state index in [2.05, 4.69) is 21.2 Å². The SMILES string of the molecule is O=C(NC(C(=O)O)c1ccccc1Br)OCc1ccccc1. The molecule has 0 saturated heterocycles. The standard InChI is InChI=1S/C16H14BrNO4/c17-13-9-5-4-8-12(13)14(15(19)20)18-16(21)22-10-11-6-2-1-3-7-11/h1-9,14H,10H2,(H,18,21)(H,19,20). The molecule has 1 amide bonds. The molecule has 114 valence electrons. The zero-order chi connectivity index (χ0) is 15.9. The molecular weight excluding hydrogens is 350 g/mol. The van der Waals surface area contributed by atoms with Gasteiger partial charge in [0, 0.05) is 4.47 Å². The van der Waals surface area contributed by atoms with Gasteiger partial charge in [-0.05, 0) is 17.2 Å². The van der Waals surface area contributed by atoms with Crippen LogP contribution in [0.4, 0.5) is 4.79 Å². The lowest BCUT2D eigenvalue weighted by Gasteiger charge is -2.16. The summed E-state index contributed by atoms with van der Waals surface area (Å²) >= 11 is 3.28. The lowest BCUT2D eigenvalue weighted by atomic mass is 10.1. The van der Waals surface area contributed by atoms with Gasteiger partial charge in [0.1, 0.15) is 6.61 Å². The molecule has 1 atom stereocenters. The smallest absolute Gasteiger partial charge is 0.408 e. The first-order valence-corrected chi connectivity index (χ1v) is 7.31. The van der Waals surface area contributed by atoms with Crippen molar-refractivity contribution in [2.24, 2.45) is 0 Å². The first-order chi connectivity index (χ1) is 10.6. The van der Waals surface area contributed by atoms with Crippen LogP contribution in [0, 0.1) is 0 Å². The Kier molecular flexibility index (Phi) is 5.55. The molecule has 22 heavy (non-hydrogen) atoms. The highest BCUT2D eigenvalue weighted by Gasteiger charge is 2.24. The Morgan fingerprint density at radius 3 is 2.36 bits per heavy atom. The number of carbonyl (C=O) groups is 2. The van der Waals surface area contributed by atoms with E-state index < -0.39 is 18.1 Å². The first-order valence-electron chi connectivity index (χ1n) is 6.52. The van der Waals surface area contributed by atoms with Crippen LogP contribution in [0.1, 0.15) is 17.2 Å². The summed E-state index contributed by atoms with van der Waals surface area (Å²) < 4.78 is 5.64. The van der Waals surface area contributed by atoms with Gasteiger partial charge in [0.2, 0.25) is 0 Å². The number of alkyl carbamates (subject to hydrolysis) is 1. The lowest BCUT2D eigenvalue weighted by molar-refractivity contribution is -0.139. The Morgan fingerprint density at radius 1 is 1.09 bits per heavy atom. The largest absolute Gasteiger partial charge is 0.479 e. The maximum Gasteiger partial charge on any atom is 0.408 e. The van der Waals surface area contributed by atoms with Gasteiger partial charge in [-0.15, -0.1) is 0 Å². The van der Waals surface area contributed by atoms with Gasteiger partial charge in [-0.25, -0.2) is 9.59 Å². The van der Waals surface area contributed by atoms with E-state index in [9.17, 15) is 14.7 Å². The maximum atomic E-state index is 11.8. The van der Waals surface area contributed by atoms with Crippen LogP contribution in [-0.2, 0) is 16.1 Å². The maximum absolute atomic E-state index is 11.8. The van der Waals surface area contributed by atoms with Crippen LogP contribution < -0.4 is 5.32 Å². The fourth-order valence-electron chi connectivity index (χ4n) is 1.86. The minimum atomic E-state index is -1.18. The minimum Gasteiger partial charge on any atom is -0.479 e. The van der Waals surface area contributed by atoms with E-state index >= 15 is 0 Å². The molecule has 0 fully saturated rings. The molecule has 0 aliphatic heterocycles. The average molecular weight is 364 g/mol. The molecule has 6 heteroatoms. The van der Waals surface area contributed by atoms with E-state index in [0.717, 1.165) is 5.56 Å². The zero-order valence-corrected chi connectivity index (χ0v) is 13.1. The highest BCUT2D eigenvalue weighted by molar-refractivity contribution is 9.10. The molecule has 1 unspecified atom stereocenters. The first kappa shape index (κ1) is 16.0. The van der Waals surface area contributed by atoms with E-state index in [-0.39, 0.29) is 6.61 Å². The second kappa shape index (κ2) is 7.61. The quantitative estimate of drug-likeness (QED) is 0.852. The van der Waals surface area contributed by atoms with Gasteiger partial charge in [0.15, 0.2) is 6.04 Å². The molecule has 2 aromatic rings. The monoisotopic (exact) mass is 363 g/mol. The van der Waals surface area contributed by atoms with Crippen LogP contribution in [0.3, 0.4) is 0 Å². The lowest BCUT2D eigenvalue weighted by Crippen LogP contribution is -2.34. The molecular formula is C16H14BrNO4. The van der Waals surface area contributed by atoms with Crippen molar-refractivity contribution < 1.29 is 19.4 Å². The Morgan fingerprint density at radius 2 is 1.73 bits per heavy atom. The van der Waals surface area contributed by atoms with Crippen molar-refractivity contribution in [2.45, 2.75) is 12.6 Å². The van der Waals surface area contributed by atoms with Gasteiger partial charge in [-0.2, -0.15) is 0 Å². The summed E-state index contributed by atoms with van der Waals surface area (Å²) in [4.78, 5) is 23.2. The number of nitrogens with one attached hydrogen (secondary N) is 1. The van der Waals surface area contributed by atoms with Gasteiger partial charge in [-0.3, -0.25) is 0 Å². The van der Waals surface area contributed by atoms with E-state index in [0.29, 0.717) is 10.0 Å². The summed E-state index contributed by atoms with van der Waals surface area (Å²) in [6.07, 6.45) is -0.785. The topological polar surface area (TPSA) is 75.6 Å². The molecule has 0 aliphatic rings.